The van der Waals surface area contributed by atoms with Crippen LogP contribution in [0.5, 0.6) is 5.88 Å². The van der Waals surface area contributed by atoms with Crippen molar-refractivity contribution in [1.29, 1.82) is 0 Å². The summed E-state index contributed by atoms with van der Waals surface area (Å²) in [4.78, 5) is 14.5. The number of aryl methyl sites for hydroxylation is 1. The molecule has 0 saturated carbocycles. The van der Waals surface area contributed by atoms with E-state index in [4.69, 9.17) is 9.26 Å². The summed E-state index contributed by atoms with van der Waals surface area (Å²) in [6, 6.07) is 1.56. The Kier molecular flexibility index (Phi) is 3.70. The maximum Gasteiger partial charge on any atom is 0.249 e. The van der Waals surface area contributed by atoms with E-state index < -0.39 is 6.10 Å². The molecule has 0 bridgehead atoms. The number of hydrogen-bond donors (Lipinski definition) is 1. The number of aliphatic hydroxyl groups is 1. The first-order chi connectivity index (χ1) is 10.2. The fraction of sp³-hybridized carbons (Fsp3) is 0.538. The van der Waals surface area contributed by atoms with Crippen molar-refractivity contribution in [3.8, 4) is 5.88 Å². The summed E-state index contributed by atoms with van der Waals surface area (Å²) >= 11 is 0. The third kappa shape index (κ3) is 2.80. The van der Waals surface area contributed by atoms with Crippen LogP contribution < -0.4 is 9.64 Å². The highest BCUT2D eigenvalue weighted by Crippen LogP contribution is 2.35. The van der Waals surface area contributed by atoms with Crippen molar-refractivity contribution in [1.82, 2.24) is 20.1 Å². The van der Waals surface area contributed by atoms with E-state index in [9.17, 15) is 5.11 Å². The lowest BCUT2D eigenvalue weighted by Crippen LogP contribution is -2.25. The molecule has 2 atom stereocenters. The number of aromatic nitrogens is 4. The Labute approximate surface area is 121 Å². The Morgan fingerprint density at radius 1 is 1.48 bits per heavy atom. The monoisotopic (exact) mass is 291 g/mol. The van der Waals surface area contributed by atoms with E-state index in [1.807, 2.05) is 11.8 Å². The van der Waals surface area contributed by atoms with Crippen LogP contribution in [0.3, 0.4) is 0 Å². The summed E-state index contributed by atoms with van der Waals surface area (Å²) in [5.74, 6) is 2.24. The van der Waals surface area contributed by atoms with E-state index in [1.165, 1.54) is 6.33 Å². The van der Waals surface area contributed by atoms with Gasteiger partial charge in [0.2, 0.25) is 11.8 Å². The molecule has 2 aromatic heterocycles. The third-order valence-corrected chi connectivity index (χ3v) is 3.32. The highest BCUT2D eigenvalue weighted by Gasteiger charge is 2.36. The first kappa shape index (κ1) is 13.7. The van der Waals surface area contributed by atoms with Crippen molar-refractivity contribution in [3.63, 3.8) is 0 Å². The fourth-order valence-corrected chi connectivity index (χ4v) is 2.46. The lowest BCUT2D eigenvalue weighted by Gasteiger charge is -2.22. The average Bonchev–Trinajstić information content (AvgIpc) is 3.05. The van der Waals surface area contributed by atoms with Crippen molar-refractivity contribution in [2.45, 2.75) is 32.4 Å². The van der Waals surface area contributed by atoms with Gasteiger partial charge in [-0.25, -0.2) is 9.97 Å². The number of ether oxygens (including phenoxy) is 1. The molecular weight excluding hydrogens is 274 g/mol. The number of anilines is 1. The van der Waals surface area contributed by atoms with Crippen LogP contribution in [-0.2, 0) is 0 Å². The predicted molar refractivity (Wildman–Crippen MR) is 72.9 cm³/mol. The molecule has 8 nitrogen and oxygen atoms in total. The van der Waals surface area contributed by atoms with Crippen molar-refractivity contribution in [3.05, 3.63) is 24.1 Å². The van der Waals surface area contributed by atoms with Crippen LogP contribution in [0.4, 0.5) is 5.82 Å². The van der Waals surface area contributed by atoms with Crippen molar-refractivity contribution in [2.75, 3.05) is 18.1 Å². The summed E-state index contributed by atoms with van der Waals surface area (Å²) in [5.41, 5.74) is 0. The first-order valence-corrected chi connectivity index (χ1v) is 6.87. The molecule has 1 saturated heterocycles. The van der Waals surface area contributed by atoms with Crippen molar-refractivity contribution >= 4 is 5.82 Å². The summed E-state index contributed by atoms with van der Waals surface area (Å²) in [5, 5.41) is 13.8. The molecule has 3 rings (SSSR count). The summed E-state index contributed by atoms with van der Waals surface area (Å²) in [7, 11) is 0. The molecule has 1 N–H and O–H groups in total. The molecule has 1 fully saturated rings. The Morgan fingerprint density at radius 3 is 3.05 bits per heavy atom. The number of hydrogen-bond acceptors (Lipinski definition) is 8. The van der Waals surface area contributed by atoms with Crippen LogP contribution in [0.1, 0.15) is 31.1 Å². The molecule has 0 radical (unpaired) electrons. The normalized spacial score (nSPS) is 21.8. The summed E-state index contributed by atoms with van der Waals surface area (Å²) in [6.45, 7) is 4.64. The highest BCUT2D eigenvalue weighted by molar-refractivity contribution is 5.44. The zero-order valence-corrected chi connectivity index (χ0v) is 11.9. The second-order valence-corrected chi connectivity index (χ2v) is 4.88. The number of rotatable bonds is 4. The molecule has 0 aliphatic carbocycles. The molecule has 0 spiro atoms. The molecule has 1 aliphatic heterocycles. The topological polar surface area (TPSA) is 97.4 Å². The SMILES string of the molecule is CCOc1cc(N2C[C@H](O)C[C@@H]2c2nc(C)no2)ncn1. The van der Waals surface area contributed by atoms with Crippen LogP contribution >= 0.6 is 0 Å². The Hall–Kier alpha value is -2.22. The van der Waals surface area contributed by atoms with E-state index in [1.54, 1.807) is 13.0 Å². The molecule has 2 aromatic rings. The molecule has 112 valence electrons. The van der Waals surface area contributed by atoms with E-state index >= 15 is 0 Å². The molecular formula is C13H17N5O3. The molecule has 0 aromatic carbocycles. The van der Waals surface area contributed by atoms with Crippen LogP contribution in [0.2, 0.25) is 0 Å². The van der Waals surface area contributed by atoms with E-state index in [0.717, 1.165) is 0 Å². The highest BCUT2D eigenvalue weighted by atomic mass is 16.5. The summed E-state index contributed by atoms with van der Waals surface area (Å²) < 4.78 is 10.6. The fourth-order valence-electron chi connectivity index (χ4n) is 2.46. The van der Waals surface area contributed by atoms with Gasteiger partial charge in [0.25, 0.3) is 0 Å². The van der Waals surface area contributed by atoms with Gasteiger partial charge in [0.05, 0.1) is 12.7 Å². The minimum Gasteiger partial charge on any atom is -0.478 e. The number of nitrogens with zero attached hydrogens (tertiary/aromatic N) is 5. The lowest BCUT2D eigenvalue weighted by molar-refractivity contribution is 0.191. The maximum atomic E-state index is 9.97. The third-order valence-electron chi connectivity index (χ3n) is 3.32. The Bertz CT molecular complexity index is 617. The summed E-state index contributed by atoms with van der Waals surface area (Å²) in [6.07, 6.45) is 1.50. The second-order valence-electron chi connectivity index (χ2n) is 4.88. The van der Waals surface area contributed by atoms with Crippen LogP contribution in [0, 0.1) is 6.92 Å². The van der Waals surface area contributed by atoms with Gasteiger partial charge in [-0.2, -0.15) is 4.98 Å². The molecule has 3 heterocycles. The Morgan fingerprint density at radius 2 is 2.33 bits per heavy atom. The van der Waals surface area contributed by atoms with Gasteiger partial charge in [-0.1, -0.05) is 5.16 Å². The van der Waals surface area contributed by atoms with Crippen LogP contribution in [0.15, 0.2) is 16.9 Å². The number of aliphatic hydroxyl groups excluding tert-OH is 1. The number of β-amino-alcohol motifs (C(OH)–C–C–N with tert-alkyl or cyclic N) is 1. The first-order valence-electron chi connectivity index (χ1n) is 6.87. The van der Waals surface area contributed by atoms with Crippen LogP contribution in [0.25, 0.3) is 0 Å². The standard InChI is InChI=1S/C13H17N5O3/c1-3-20-12-5-11(14-7-15-12)18-6-9(19)4-10(18)13-16-8(2)17-21-13/h5,7,9-10,19H,3-4,6H2,1-2H3/t9-,10-/m1/s1. The smallest absolute Gasteiger partial charge is 0.249 e. The van der Waals surface area contributed by atoms with Crippen molar-refractivity contribution < 1.29 is 14.4 Å². The Balaban J connectivity index is 1.90. The predicted octanol–water partition coefficient (Wildman–Crippen LogP) is 0.879. The average molecular weight is 291 g/mol. The van der Waals surface area contributed by atoms with Crippen molar-refractivity contribution in [2.24, 2.45) is 0 Å². The zero-order valence-electron chi connectivity index (χ0n) is 11.9. The lowest BCUT2D eigenvalue weighted by atomic mass is 10.2. The zero-order chi connectivity index (χ0) is 14.8. The van der Waals surface area contributed by atoms with Gasteiger partial charge >= 0.3 is 0 Å². The van der Waals surface area contributed by atoms with E-state index in [-0.39, 0.29) is 6.04 Å². The van der Waals surface area contributed by atoms with Gasteiger partial charge in [0, 0.05) is 19.0 Å². The van der Waals surface area contributed by atoms with E-state index in [0.29, 0.717) is 43.0 Å². The minimum atomic E-state index is -0.465. The van der Waals surface area contributed by atoms with Gasteiger partial charge in [0.1, 0.15) is 18.2 Å². The molecule has 0 amide bonds. The van der Waals surface area contributed by atoms with E-state index in [2.05, 4.69) is 20.1 Å². The van der Waals surface area contributed by atoms with Gasteiger partial charge in [-0.05, 0) is 13.8 Å². The molecule has 21 heavy (non-hydrogen) atoms. The van der Waals surface area contributed by atoms with Crippen LogP contribution in [-0.4, -0.2) is 44.5 Å². The van der Waals surface area contributed by atoms with Gasteiger partial charge in [-0.3, -0.25) is 0 Å². The van der Waals surface area contributed by atoms with Gasteiger partial charge in [0.15, 0.2) is 5.82 Å². The van der Waals surface area contributed by atoms with Gasteiger partial charge < -0.3 is 19.3 Å². The largest absolute Gasteiger partial charge is 0.478 e. The maximum absolute atomic E-state index is 9.97. The molecule has 8 heteroatoms. The minimum absolute atomic E-state index is 0.189. The van der Waals surface area contributed by atoms with Gasteiger partial charge in [-0.15, -0.1) is 0 Å². The molecule has 1 aliphatic rings. The quantitative estimate of drug-likeness (QED) is 0.886. The molecule has 0 unspecified atom stereocenters. The second kappa shape index (κ2) is 5.65.